The number of carbonyl (C=O) groups is 1. The highest BCUT2D eigenvalue weighted by Crippen LogP contribution is 2.28. The van der Waals surface area contributed by atoms with Gasteiger partial charge in [-0.25, -0.2) is 0 Å². The van der Waals surface area contributed by atoms with Gasteiger partial charge in [0.15, 0.2) is 0 Å². The second-order valence-electron chi connectivity index (χ2n) is 4.56. The lowest BCUT2D eigenvalue weighted by Crippen LogP contribution is -2.54. The number of aromatic hydroxyl groups is 1. The molecular weight excluding hydrogens is 284 g/mol. The highest BCUT2D eigenvalue weighted by molar-refractivity contribution is 9.10. The first-order chi connectivity index (χ1) is 8.00. The second kappa shape index (κ2) is 4.66. The SMILES string of the molecule is NC1(CNC(=O)c2cc(Br)ccc2O)CCC1. The molecule has 0 spiro atoms. The fourth-order valence-corrected chi connectivity index (χ4v) is 2.21. The van der Waals surface area contributed by atoms with Gasteiger partial charge < -0.3 is 16.2 Å². The van der Waals surface area contributed by atoms with E-state index in [-0.39, 0.29) is 22.8 Å². The van der Waals surface area contributed by atoms with Gasteiger partial charge in [0.1, 0.15) is 5.75 Å². The van der Waals surface area contributed by atoms with Crippen LogP contribution in [-0.2, 0) is 0 Å². The van der Waals surface area contributed by atoms with Gasteiger partial charge in [0.25, 0.3) is 5.91 Å². The van der Waals surface area contributed by atoms with Crippen molar-refractivity contribution >= 4 is 21.8 Å². The van der Waals surface area contributed by atoms with Crippen LogP contribution < -0.4 is 11.1 Å². The number of carbonyl (C=O) groups excluding carboxylic acids is 1. The van der Waals surface area contributed by atoms with Crippen LogP contribution >= 0.6 is 15.9 Å². The zero-order chi connectivity index (χ0) is 12.5. The maximum Gasteiger partial charge on any atom is 0.255 e. The highest BCUT2D eigenvalue weighted by atomic mass is 79.9. The van der Waals surface area contributed by atoms with Crippen LogP contribution in [0, 0.1) is 0 Å². The molecule has 1 aromatic rings. The van der Waals surface area contributed by atoms with Crippen LogP contribution in [-0.4, -0.2) is 23.1 Å². The standard InChI is InChI=1S/C12H15BrN2O2/c13-8-2-3-10(16)9(6-8)11(17)15-7-12(14)4-1-5-12/h2-3,6,16H,1,4-5,7,14H2,(H,15,17). The van der Waals surface area contributed by atoms with E-state index in [1.54, 1.807) is 12.1 Å². The molecule has 17 heavy (non-hydrogen) atoms. The Morgan fingerprint density at radius 3 is 2.82 bits per heavy atom. The van der Waals surface area contributed by atoms with Crippen molar-refractivity contribution in [2.75, 3.05) is 6.54 Å². The molecule has 0 aromatic heterocycles. The number of phenolic OH excluding ortho intramolecular Hbond substituents is 1. The van der Waals surface area contributed by atoms with Gasteiger partial charge in [-0.2, -0.15) is 0 Å². The van der Waals surface area contributed by atoms with Crippen LogP contribution in [0.15, 0.2) is 22.7 Å². The first-order valence-corrected chi connectivity index (χ1v) is 6.35. The van der Waals surface area contributed by atoms with E-state index in [2.05, 4.69) is 21.2 Å². The molecule has 0 unspecified atom stereocenters. The minimum atomic E-state index is -0.291. The largest absolute Gasteiger partial charge is 0.507 e. The third-order valence-electron chi connectivity index (χ3n) is 3.15. The van der Waals surface area contributed by atoms with Crippen LogP contribution in [0.5, 0.6) is 5.75 Å². The van der Waals surface area contributed by atoms with E-state index in [0.717, 1.165) is 23.7 Å². The Morgan fingerprint density at radius 2 is 2.24 bits per heavy atom. The predicted molar refractivity (Wildman–Crippen MR) is 68.9 cm³/mol. The molecule has 2 rings (SSSR count). The van der Waals surface area contributed by atoms with Crippen molar-refractivity contribution in [3.63, 3.8) is 0 Å². The first kappa shape index (κ1) is 12.4. The third kappa shape index (κ3) is 2.79. The Hall–Kier alpha value is -1.07. The number of hydrogen-bond acceptors (Lipinski definition) is 3. The van der Waals surface area contributed by atoms with Crippen molar-refractivity contribution in [2.45, 2.75) is 24.8 Å². The maximum atomic E-state index is 11.9. The Kier molecular flexibility index (Phi) is 3.40. The Balaban J connectivity index is 2.01. The molecule has 92 valence electrons. The van der Waals surface area contributed by atoms with Crippen LogP contribution in [0.2, 0.25) is 0 Å². The predicted octanol–water partition coefficient (Wildman–Crippen LogP) is 1.77. The molecule has 0 heterocycles. The molecule has 1 saturated carbocycles. The summed E-state index contributed by atoms with van der Waals surface area (Å²) in [6.45, 7) is 0.456. The molecule has 4 N–H and O–H groups in total. The van der Waals surface area contributed by atoms with Gasteiger partial charge in [0.2, 0.25) is 0 Å². The average Bonchev–Trinajstić information content (AvgIpc) is 2.26. The topological polar surface area (TPSA) is 75.3 Å². The van der Waals surface area contributed by atoms with E-state index in [9.17, 15) is 9.90 Å². The number of hydrogen-bond donors (Lipinski definition) is 3. The number of benzene rings is 1. The number of nitrogens with two attached hydrogens (primary N) is 1. The molecule has 0 saturated heterocycles. The fourth-order valence-electron chi connectivity index (χ4n) is 1.85. The Morgan fingerprint density at radius 1 is 1.53 bits per heavy atom. The van der Waals surface area contributed by atoms with Gasteiger partial charge >= 0.3 is 0 Å². The van der Waals surface area contributed by atoms with Gasteiger partial charge in [-0.15, -0.1) is 0 Å². The molecule has 0 atom stereocenters. The van der Waals surface area contributed by atoms with Gasteiger partial charge in [0.05, 0.1) is 5.56 Å². The summed E-state index contributed by atoms with van der Waals surface area (Å²) < 4.78 is 0.756. The number of rotatable bonds is 3. The molecule has 0 bridgehead atoms. The number of amides is 1. The molecule has 0 aliphatic heterocycles. The van der Waals surface area contributed by atoms with Gasteiger partial charge in [-0.05, 0) is 37.5 Å². The summed E-state index contributed by atoms with van der Waals surface area (Å²) in [5.74, 6) is -0.314. The van der Waals surface area contributed by atoms with Crippen LogP contribution in [0.4, 0.5) is 0 Å². The monoisotopic (exact) mass is 298 g/mol. The average molecular weight is 299 g/mol. The van der Waals surface area contributed by atoms with Crippen LogP contribution in [0.3, 0.4) is 0 Å². The van der Waals surface area contributed by atoms with Gasteiger partial charge in [-0.3, -0.25) is 4.79 Å². The molecule has 1 aliphatic rings. The van der Waals surface area contributed by atoms with Crippen molar-refractivity contribution in [1.29, 1.82) is 0 Å². The van der Waals surface area contributed by atoms with Crippen LogP contribution in [0.25, 0.3) is 0 Å². The molecular formula is C12H15BrN2O2. The molecule has 1 aliphatic carbocycles. The zero-order valence-electron chi connectivity index (χ0n) is 9.37. The number of nitrogens with one attached hydrogen (secondary N) is 1. The van der Waals surface area contributed by atoms with E-state index >= 15 is 0 Å². The van der Waals surface area contributed by atoms with E-state index in [1.165, 1.54) is 6.07 Å². The normalized spacial score (nSPS) is 17.3. The number of halogens is 1. The number of phenols is 1. The first-order valence-electron chi connectivity index (χ1n) is 5.56. The summed E-state index contributed by atoms with van der Waals surface area (Å²) >= 11 is 3.26. The van der Waals surface area contributed by atoms with Crippen LogP contribution in [0.1, 0.15) is 29.6 Å². The molecule has 5 heteroatoms. The summed E-state index contributed by atoms with van der Waals surface area (Å²) in [6, 6.07) is 4.76. The highest BCUT2D eigenvalue weighted by Gasteiger charge is 2.32. The smallest absolute Gasteiger partial charge is 0.255 e. The lowest BCUT2D eigenvalue weighted by atomic mass is 9.78. The van der Waals surface area contributed by atoms with Gasteiger partial charge in [-0.1, -0.05) is 15.9 Å². The van der Waals surface area contributed by atoms with Crippen molar-refractivity contribution < 1.29 is 9.90 Å². The molecule has 4 nitrogen and oxygen atoms in total. The van der Waals surface area contributed by atoms with Crippen molar-refractivity contribution in [3.8, 4) is 5.75 Å². The Bertz CT molecular complexity index is 444. The second-order valence-corrected chi connectivity index (χ2v) is 5.48. The van der Waals surface area contributed by atoms with E-state index in [4.69, 9.17) is 5.73 Å². The van der Waals surface area contributed by atoms with Gasteiger partial charge in [0, 0.05) is 16.6 Å². The zero-order valence-corrected chi connectivity index (χ0v) is 11.0. The summed E-state index contributed by atoms with van der Waals surface area (Å²) in [5, 5.41) is 12.4. The van der Waals surface area contributed by atoms with Crippen molar-refractivity contribution in [1.82, 2.24) is 5.32 Å². The Labute approximate surface area is 108 Å². The molecule has 1 fully saturated rings. The van der Waals surface area contributed by atoms with E-state index in [1.807, 2.05) is 0 Å². The lowest BCUT2D eigenvalue weighted by Gasteiger charge is -2.38. The third-order valence-corrected chi connectivity index (χ3v) is 3.65. The quantitative estimate of drug-likeness (QED) is 0.796. The molecule has 0 radical (unpaired) electrons. The summed E-state index contributed by atoms with van der Waals surface area (Å²) in [7, 11) is 0. The minimum absolute atomic E-state index is 0.0228. The minimum Gasteiger partial charge on any atom is -0.507 e. The summed E-state index contributed by atoms with van der Waals surface area (Å²) in [6.07, 6.45) is 3.00. The lowest BCUT2D eigenvalue weighted by molar-refractivity contribution is 0.0927. The van der Waals surface area contributed by atoms with Crippen molar-refractivity contribution in [3.05, 3.63) is 28.2 Å². The van der Waals surface area contributed by atoms with E-state index < -0.39 is 0 Å². The molecule has 1 amide bonds. The maximum absolute atomic E-state index is 11.9. The van der Waals surface area contributed by atoms with E-state index in [0.29, 0.717) is 6.54 Å². The summed E-state index contributed by atoms with van der Waals surface area (Å²) in [5.41, 5.74) is 6.02. The fraction of sp³-hybridized carbons (Fsp3) is 0.417. The van der Waals surface area contributed by atoms with Crippen molar-refractivity contribution in [2.24, 2.45) is 5.73 Å². The summed E-state index contributed by atoms with van der Waals surface area (Å²) in [4.78, 5) is 11.9. The molecule has 1 aromatic carbocycles.